The normalized spacial score (nSPS) is 14.6. The lowest BCUT2D eigenvalue weighted by molar-refractivity contribution is -0.143. The van der Waals surface area contributed by atoms with E-state index in [9.17, 15) is 29.4 Å². The molecule has 184 valence electrons. The molecule has 0 spiro atoms. The Morgan fingerprint density at radius 3 is 2.12 bits per heavy atom. The number of phenolic OH excluding ortho intramolecular Hbond substituents is 1. The summed E-state index contributed by atoms with van der Waals surface area (Å²) in [6, 6.07) is 3.37. The van der Waals surface area contributed by atoms with E-state index in [4.69, 9.17) is 5.73 Å². The zero-order valence-corrected chi connectivity index (χ0v) is 19.6. The maximum atomic E-state index is 12.7. The van der Waals surface area contributed by atoms with Gasteiger partial charge in [-0.15, -0.1) is 0 Å². The molecule has 0 fully saturated rings. The summed E-state index contributed by atoms with van der Waals surface area (Å²) >= 11 is 0. The molecular formula is C23H36N4O6. The van der Waals surface area contributed by atoms with Crippen molar-refractivity contribution < 1.29 is 29.4 Å². The molecule has 0 saturated carbocycles. The van der Waals surface area contributed by atoms with Crippen LogP contribution in [0.25, 0.3) is 0 Å². The fourth-order valence-corrected chi connectivity index (χ4v) is 3.16. The molecule has 0 aliphatic rings. The lowest BCUT2D eigenvalue weighted by Gasteiger charge is -2.25. The molecule has 4 atom stereocenters. The molecule has 10 nitrogen and oxygen atoms in total. The molecule has 10 heteroatoms. The van der Waals surface area contributed by atoms with Crippen molar-refractivity contribution >= 4 is 23.7 Å². The number of hydrogen-bond acceptors (Lipinski definition) is 6. The van der Waals surface area contributed by atoms with Crippen molar-refractivity contribution in [2.45, 2.75) is 65.1 Å². The minimum absolute atomic E-state index is 0.0567. The Morgan fingerprint density at radius 2 is 1.61 bits per heavy atom. The Bertz CT molecular complexity index is 812. The zero-order chi connectivity index (χ0) is 25.1. The van der Waals surface area contributed by atoms with Crippen LogP contribution < -0.4 is 21.7 Å². The second-order valence-electron chi connectivity index (χ2n) is 8.65. The van der Waals surface area contributed by atoms with Gasteiger partial charge >= 0.3 is 5.97 Å². The molecule has 0 saturated heterocycles. The van der Waals surface area contributed by atoms with Gasteiger partial charge in [-0.1, -0.05) is 46.2 Å². The number of carboxylic acid groups (broad SMARTS) is 1. The summed E-state index contributed by atoms with van der Waals surface area (Å²) in [5.41, 5.74) is 6.64. The van der Waals surface area contributed by atoms with E-state index in [1.54, 1.807) is 19.1 Å². The van der Waals surface area contributed by atoms with Gasteiger partial charge in [-0.05, 0) is 42.4 Å². The Labute approximate surface area is 194 Å². The van der Waals surface area contributed by atoms with E-state index in [1.165, 1.54) is 12.1 Å². The van der Waals surface area contributed by atoms with E-state index in [1.807, 2.05) is 20.8 Å². The van der Waals surface area contributed by atoms with Crippen LogP contribution in [0.1, 0.15) is 46.1 Å². The van der Waals surface area contributed by atoms with E-state index in [0.717, 1.165) is 5.56 Å². The molecule has 7 N–H and O–H groups in total. The van der Waals surface area contributed by atoms with Crippen LogP contribution in [0.3, 0.4) is 0 Å². The second kappa shape index (κ2) is 13.4. The Kier molecular flexibility index (Phi) is 11.3. The molecule has 33 heavy (non-hydrogen) atoms. The lowest BCUT2D eigenvalue weighted by Crippen LogP contribution is -2.55. The number of benzene rings is 1. The summed E-state index contributed by atoms with van der Waals surface area (Å²) in [5, 5.41) is 26.3. The highest BCUT2D eigenvalue weighted by Gasteiger charge is 2.30. The first kappa shape index (κ1) is 27.9. The molecule has 1 rings (SSSR count). The molecule has 3 amide bonds. The standard InChI is InChI=1S/C23H36N4O6/c1-5-14(4)20(23(32)33)27-22(31)18(10-13(2)3)26-19(29)12-25-21(30)17(24)11-15-6-8-16(28)9-7-15/h6-9,13-14,17-18,20,28H,5,10-12,24H2,1-4H3,(H,25,30)(H,26,29)(H,27,31)(H,32,33). The average molecular weight is 465 g/mol. The van der Waals surface area contributed by atoms with E-state index in [0.29, 0.717) is 12.8 Å². The summed E-state index contributed by atoms with van der Waals surface area (Å²) in [6.07, 6.45) is 1.09. The van der Waals surface area contributed by atoms with E-state index in [2.05, 4.69) is 16.0 Å². The third-order valence-electron chi connectivity index (χ3n) is 5.29. The number of aliphatic carboxylic acids is 1. The molecule has 4 unspecified atom stereocenters. The van der Waals surface area contributed by atoms with Crippen LogP contribution in [0.4, 0.5) is 0 Å². The SMILES string of the molecule is CCC(C)C(NC(=O)C(CC(C)C)NC(=O)CNC(=O)C(N)Cc1ccc(O)cc1)C(=O)O. The predicted molar refractivity (Wildman–Crippen MR) is 123 cm³/mol. The molecule has 0 aromatic heterocycles. The first-order valence-electron chi connectivity index (χ1n) is 11.1. The van der Waals surface area contributed by atoms with Gasteiger partial charge in [0.15, 0.2) is 0 Å². The summed E-state index contributed by atoms with van der Waals surface area (Å²) in [5.74, 6) is -2.96. The molecule has 1 aromatic carbocycles. The van der Waals surface area contributed by atoms with Crippen LogP contribution in [-0.2, 0) is 25.6 Å². The molecule has 1 aromatic rings. The fourth-order valence-electron chi connectivity index (χ4n) is 3.16. The third-order valence-corrected chi connectivity index (χ3v) is 5.29. The molecule has 0 radical (unpaired) electrons. The fraction of sp³-hybridized carbons (Fsp3) is 0.565. The van der Waals surface area contributed by atoms with Crippen molar-refractivity contribution in [2.75, 3.05) is 6.54 Å². The first-order chi connectivity index (χ1) is 15.4. The van der Waals surface area contributed by atoms with Crippen LogP contribution in [-0.4, -0.2) is 58.6 Å². The van der Waals surface area contributed by atoms with Crippen molar-refractivity contribution in [3.8, 4) is 5.75 Å². The number of hydrogen-bond donors (Lipinski definition) is 6. The summed E-state index contributed by atoms with van der Waals surface area (Å²) in [4.78, 5) is 48.8. The minimum atomic E-state index is -1.14. The predicted octanol–water partition coefficient (Wildman–Crippen LogP) is 0.525. The first-order valence-corrected chi connectivity index (χ1v) is 11.1. The highest BCUT2D eigenvalue weighted by molar-refractivity contribution is 5.92. The molecule has 0 aliphatic heterocycles. The highest BCUT2D eigenvalue weighted by Crippen LogP contribution is 2.12. The quantitative estimate of drug-likeness (QED) is 0.247. The van der Waals surface area contributed by atoms with Crippen molar-refractivity contribution in [1.29, 1.82) is 0 Å². The van der Waals surface area contributed by atoms with Gasteiger partial charge in [0, 0.05) is 0 Å². The third kappa shape index (κ3) is 9.90. The number of nitrogens with one attached hydrogen (secondary N) is 3. The van der Waals surface area contributed by atoms with Gasteiger partial charge in [0.25, 0.3) is 0 Å². The van der Waals surface area contributed by atoms with Gasteiger partial charge in [-0.3, -0.25) is 14.4 Å². The zero-order valence-electron chi connectivity index (χ0n) is 19.6. The Morgan fingerprint density at radius 1 is 1.00 bits per heavy atom. The largest absolute Gasteiger partial charge is 0.508 e. The second-order valence-corrected chi connectivity index (χ2v) is 8.65. The van der Waals surface area contributed by atoms with Crippen molar-refractivity contribution in [3.63, 3.8) is 0 Å². The van der Waals surface area contributed by atoms with Crippen molar-refractivity contribution in [2.24, 2.45) is 17.6 Å². The van der Waals surface area contributed by atoms with Gasteiger partial charge in [-0.2, -0.15) is 0 Å². The van der Waals surface area contributed by atoms with E-state index < -0.39 is 41.8 Å². The number of nitrogens with two attached hydrogens (primary N) is 1. The van der Waals surface area contributed by atoms with Gasteiger partial charge < -0.3 is 31.9 Å². The van der Waals surface area contributed by atoms with Gasteiger partial charge in [-0.25, -0.2) is 4.79 Å². The number of phenols is 1. The number of carbonyl (C=O) groups is 4. The number of carboxylic acids is 1. The summed E-state index contributed by atoms with van der Waals surface area (Å²) in [7, 11) is 0. The molecule has 0 bridgehead atoms. The summed E-state index contributed by atoms with van der Waals surface area (Å²) in [6.45, 7) is 6.93. The Hall–Kier alpha value is -3.14. The number of carbonyl (C=O) groups excluding carboxylic acids is 3. The molecular weight excluding hydrogens is 428 g/mol. The van der Waals surface area contributed by atoms with Gasteiger partial charge in [0.05, 0.1) is 12.6 Å². The van der Waals surface area contributed by atoms with Crippen LogP contribution in [0, 0.1) is 11.8 Å². The van der Waals surface area contributed by atoms with E-state index >= 15 is 0 Å². The number of rotatable bonds is 13. The number of aromatic hydroxyl groups is 1. The average Bonchev–Trinajstić information content (AvgIpc) is 2.75. The van der Waals surface area contributed by atoms with Crippen molar-refractivity contribution in [1.82, 2.24) is 16.0 Å². The maximum absolute atomic E-state index is 12.7. The van der Waals surface area contributed by atoms with Crippen molar-refractivity contribution in [3.05, 3.63) is 29.8 Å². The van der Waals surface area contributed by atoms with Gasteiger partial charge in [0.1, 0.15) is 17.8 Å². The molecule has 0 heterocycles. The minimum Gasteiger partial charge on any atom is -0.508 e. The van der Waals surface area contributed by atoms with Gasteiger partial charge in [0.2, 0.25) is 17.7 Å². The summed E-state index contributed by atoms with van der Waals surface area (Å²) < 4.78 is 0. The van der Waals surface area contributed by atoms with Crippen LogP contribution in [0.5, 0.6) is 5.75 Å². The smallest absolute Gasteiger partial charge is 0.326 e. The Balaban J connectivity index is 2.66. The van der Waals surface area contributed by atoms with Crippen LogP contribution >= 0.6 is 0 Å². The lowest BCUT2D eigenvalue weighted by atomic mass is 9.97. The monoisotopic (exact) mass is 464 g/mol. The maximum Gasteiger partial charge on any atom is 0.326 e. The topological polar surface area (TPSA) is 171 Å². The van der Waals surface area contributed by atoms with E-state index in [-0.39, 0.29) is 30.6 Å². The van der Waals surface area contributed by atoms with Crippen LogP contribution in [0.2, 0.25) is 0 Å². The number of amides is 3. The van der Waals surface area contributed by atoms with Crippen LogP contribution in [0.15, 0.2) is 24.3 Å². The highest BCUT2D eigenvalue weighted by atomic mass is 16.4. The molecule has 0 aliphatic carbocycles.